The van der Waals surface area contributed by atoms with Gasteiger partial charge in [-0.2, -0.15) is 11.8 Å². The van der Waals surface area contributed by atoms with Crippen LogP contribution < -0.4 is 10.5 Å². The predicted octanol–water partition coefficient (Wildman–Crippen LogP) is 2.56. The van der Waals surface area contributed by atoms with Crippen molar-refractivity contribution in [2.75, 3.05) is 11.5 Å². The fourth-order valence-corrected chi connectivity index (χ4v) is 3.06. The van der Waals surface area contributed by atoms with Crippen LogP contribution in [0.3, 0.4) is 0 Å². The van der Waals surface area contributed by atoms with Crippen LogP contribution in [0.15, 0.2) is 24.3 Å². The SMILES string of the molecule is CC(N)C1(c2cccc(OC3CSC3)c2)CC1. The van der Waals surface area contributed by atoms with Crippen molar-refractivity contribution in [3.8, 4) is 5.75 Å². The Labute approximate surface area is 107 Å². The van der Waals surface area contributed by atoms with Gasteiger partial charge in [0.2, 0.25) is 0 Å². The van der Waals surface area contributed by atoms with Crippen LogP contribution >= 0.6 is 11.8 Å². The van der Waals surface area contributed by atoms with Crippen LogP contribution in [-0.4, -0.2) is 23.7 Å². The molecule has 2 aliphatic rings. The Morgan fingerprint density at radius 2 is 2.18 bits per heavy atom. The minimum absolute atomic E-state index is 0.230. The van der Waals surface area contributed by atoms with Gasteiger partial charge in [-0.15, -0.1) is 0 Å². The van der Waals surface area contributed by atoms with E-state index in [1.165, 1.54) is 18.4 Å². The Kier molecular flexibility index (Phi) is 2.83. The van der Waals surface area contributed by atoms with Crippen molar-refractivity contribution in [1.82, 2.24) is 0 Å². The second-order valence-corrected chi connectivity index (χ2v) is 6.32. The average Bonchev–Trinajstić information content (AvgIpc) is 3.05. The first-order valence-corrected chi connectivity index (χ1v) is 7.47. The minimum Gasteiger partial charge on any atom is -0.489 e. The summed E-state index contributed by atoms with van der Waals surface area (Å²) in [6.07, 6.45) is 2.85. The molecular formula is C14H19NOS. The standard InChI is InChI=1S/C14H19NOS/c1-10(15)14(5-6-14)11-3-2-4-12(7-11)16-13-8-17-9-13/h2-4,7,10,13H,5-6,8-9,15H2,1H3. The lowest BCUT2D eigenvalue weighted by Crippen LogP contribution is -2.32. The zero-order chi connectivity index (χ0) is 11.9. The summed E-state index contributed by atoms with van der Waals surface area (Å²) >= 11 is 1.95. The Balaban J connectivity index is 1.79. The van der Waals surface area contributed by atoms with Gasteiger partial charge in [0.1, 0.15) is 11.9 Å². The molecule has 1 atom stereocenters. The quantitative estimate of drug-likeness (QED) is 0.890. The summed E-state index contributed by atoms with van der Waals surface area (Å²) in [6, 6.07) is 8.78. The van der Waals surface area contributed by atoms with E-state index in [2.05, 4.69) is 31.2 Å². The van der Waals surface area contributed by atoms with Crippen LogP contribution in [0, 0.1) is 0 Å². The smallest absolute Gasteiger partial charge is 0.120 e. The van der Waals surface area contributed by atoms with Crippen molar-refractivity contribution in [2.45, 2.75) is 37.3 Å². The van der Waals surface area contributed by atoms with Gasteiger partial charge in [-0.3, -0.25) is 0 Å². The second-order valence-electron chi connectivity index (χ2n) is 5.25. The lowest BCUT2D eigenvalue weighted by molar-refractivity contribution is 0.240. The lowest BCUT2D eigenvalue weighted by atomic mass is 9.89. The highest BCUT2D eigenvalue weighted by Gasteiger charge is 2.47. The van der Waals surface area contributed by atoms with Gasteiger partial charge in [-0.05, 0) is 37.5 Å². The first-order valence-electron chi connectivity index (χ1n) is 6.31. The molecule has 17 heavy (non-hydrogen) atoms. The second kappa shape index (κ2) is 4.21. The molecule has 92 valence electrons. The highest BCUT2D eigenvalue weighted by Crippen LogP contribution is 2.50. The van der Waals surface area contributed by atoms with Crippen molar-refractivity contribution in [1.29, 1.82) is 0 Å². The maximum atomic E-state index is 6.11. The van der Waals surface area contributed by atoms with Gasteiger partial charge in [0.15, 0.2) is 0 Å². The van der Waals surface area contributed by atoms with E-state index >= 15 is 0 Å². The number of nitrogens with two attached hydrogens (primary N) is 1. The molecule has 1 unspecified atom stereocenters. The molecular weight excluding hydrogens is 230 g/mol. The maximum absolute atomic E-state index is 6.11. The van der Waals surface area contributed by atoms with Crippen LogP contribution in [0.1, 0.15) is 25.3 Å². The van der Waals surface area contributed by atoms with E-state index in [-0.39, 0.29) is 11.5 Å². The number of benzene rings is 1. The lowest BCUT2D eigenvalue weighted by Gasteiger charge is -2.27. The molecule has 1 aliphatic heterocycles. The zero-order valence-electron chi connectivity index (χ0n) is 10.2. The first-order chi connectivity index (χ1) is 8.21. The molecule has 1 aliphatic carbocycles. The van der Waals surface area contributed by atoms with Crippen molar-refractivity contribution >= 4 is 11.8 Å². The summed E-state index contributed by atoms with van der Waals surface area (Å²) in [5, 5.41) is 0. The molecule has 1 aromatic carbocycles. The van der Waals surface area contributed by atoms with Gasteiger partial charge in [0.05, 0.1) is 0 Å². The largest absolute Gasteiger partial charge is 0.489 e. The molecule has 1 saturated carbocycles. The first kappa shape index (κ1) is 11.4. The number of hydrogen-bond donors (Lipinski definition) is 1. The molecule has 0 bridgehead atoms. The molecule has 1 aromatic rings. The molecule has 0 radical (unpaired) electrons. The Morgan fingerprint density at radius 3 is 2.71 bits per heavy atom. The van der Waals surface area contributed by atoms with Gasteiger partial charge >= 0.3 is 0 Å². The summed E-state index contributed by atoms with van der Waals surface area (Å²) in [5.41, 5.74) is 7.70. The fraction of sp³-hybridized carbons (Fsp3) is 0.571. The third kappa shape index (κ3) is 2.06. The van der Waals surface area contributed by atoms with Gasteiger partial charge in [0.25, 0.3) is 0 Å². The van der Waals surface area contributed by atoms with E-state index in [0.29, 0.717) is 6.10 Å². The molecule has 0 aromatic heterocycles. The van der Waals surface area contributed by atoms with Crippen molar-refractivity contribution in [3.63, 3.8) is 0 Å². The normalized spacial score (nSPS) is 23.9. The molecule has 2 N–H and O–H groups in total. The number of thioether (sulfide) groups is 1. The molecule has 3 rings (SSSR count). The summed E-state index contributed by atoms with van der Waals surface area (Å²) in [7, 11) is 0. The summed E-state index contributed by atoms with van der Waals surface area (Å²) in [6.45, 7) is 2.11. The molecule has 1 heterocycles. The summed E-state index contributed by atoms with van der Waals surface area (Å²) in [5.74, 6) is 3.27. The highest BCUT2D eigenvalue weighted by atomic mass is 32.2. The number of ether oxygens (including phenoxy) is 1. The van der Waals surface area contributed by atoms with Crippen molar-refractivity contribution < 1.29 is 4.74 Å². The molecule has 0 spiro atoms. The minimum atomic E-state index is 0.230. The van der Waals surface area contributed by atoms with E-state index in [0.717, 1.165) is 17.3 Å². The number of rotatable bonds is 4. The number of hydrogen-bond acceptors (Lipinski definition) is 3. The van der Waals surface area contributed by atoms with Crippen molar-refractivity contribution in [3.05, 3.63) is 29.8 Å². The highest BCUT2D eigenvalue weighted by molar-refractivity contribution is 8.00. The molecule has 3 heteroatoms. The van der Waals surface area contributed by atoms with Gasteiger partial charge in [0, 0.05) is 23.0 Å². The van der Waals surface area contributed by atoms with E-state index < -0.39 is 0 Å². The Bertz CT molecular complexity index is 410. The van der Waals surface area contributed by atoms with E-state index in [9.17, 15) is 0 Å². The average molecular weight is 249 g/mol. The molecule has 1 saturated heterocycles. The summed E-state index contributed by atoms with van der Waals surface area (Å²) in [4.78, 5) is 0. The monoisotopic (exact) mass is 249 g/mol. The summed E-state index contributed by atoms with van der Waals surface area (Å²) < 4.78 is 5.93. The van der Waals surface area contributed by atoms with E-state index in [1.54, 1.807) is 0 Å². The van der Waals surface area contributed by atoms with Crippen LogP contribution in [0.5, 0.6) is 5.75 Å². The maximum Gasteiger partial charge on any atom is 0.120 e. The molecule has 2 fully saturated rings. The van der Waals surface area contributed by atoms with E-state index in [4.69, 9.17) is 10.5 Å². The third-order valence-corrected chi connectivity index (χ3v) is 5.19. The molecule has 2 nitrogen and oxygen atoms in total. The van der Waals surface area contributed by atoms with Crippen LogP contribution in [-0.2, 0) is 5.41 Å². The third-order valence-electron chi connectivity index (χ3n) is 3.98. The van der Waals surface area contributed by atoms with Crippen LogP contribution in [0.2, 0.25) is 0 Å². The topological polar surface area (TPSA) is 35.2 Å². The Hall–Kier alpha value is -0.670. The Morgan fingerprint density at radius 1 is 1.41 bits per heavy atom. The van der Waals surface area contributed by atoms with Gasteiger partial charge in [-0.1, -0.05) is 12.1 Å². The van der Waals surface area contributed by atoms with Crippen molar-refractivity contribution in [2.24, 2.45) is 5.73 Å². The van der Waals surface area contributed by atoms with Crippen LogP contribution in [0.4, 0.5) is 0 Å². The molecule has 0 amide bonds. The predicted molar refractivity (Wildman–Crippen MR) is 72.7 cm³/mol. The van der Waals surface area contributed by atoms with Crippen LogP contribution in [0.25, 0.3) is 0 Å². The fourth-order valence-electron chi connectivity index (χ4n) is 2.50. The zero-order valence-corrected chi connectivity index (χ0v) is 11.0. The van der Waals surface area contributed by atoms with Gasteiger partial charge in [-0.25, -0.2) is 0 Å². The van der Waals surface area contributed by atoms with E-state index in [1.807, 2.05) is 11.8 Å². The van der Waals surface area contributed by atoms with Gasteiger partial charge < -0.3 is 10.5 Å².